The van der Waals surface area contributed by atoms with E-state index in [0.29, 0.717) is 11.3 Å². The molecule has 1 heterocycles. The van der Waals surface area contributed by atoms with E-state index < -0.39 is 0 Å². The molecule has 1 saturated heterocycles. The molecule has 0 atom stereocenters. The highest BCUT2D eigenvalue weighted by Gasteiger charge is 2.30. The van der Waals surface area contributed by atoms with Crippen LogP contribution in [0.3, 0.4) is 0 Å². The topological polar surface area (TPSA) is 46.3 Å². The number of carbonyl (C=O) groups excluding carboxylic acids is 1. The molecule has 1 fully saturated rings. The first kappa shape index (κ1) is 16.7. The van der Waals surface area contributed by atoms with Gasteiger partial charge >= 0.3 is 0 Å². The number of nitrogens with two attached hydrogens (primary N) is 1. The van der Waals surface area contributed by atoms with Crippen LogP contribution in [0.2, 0.25) is 0 Å². The maximum absolute atomic E-state index is 12.4. The van der Waals surface area contributed by atoms with Gasteiger partial charge in [-0.3, -0.25) is 4.79 Å². The monoisotopic (exact) mass is 364 g/mol. The average molecular weight is 366 g/mol. The van der Waals surface area contributed by atoms with E-state index in [-0.39, 0.29) is 23.1 Å². The molecular formula is C13H18BrClN2OS. The third-order valence-corrected chi connectivity index (χ3v) is 4.75. The summed E-state index contributed by atoms with van der Waals surface area (Å²) in [5.41, 5.74) is 7.04. The van der Waals surface area contributed by atoms with Crippen molar-refractivity contribution in [2.24, 2.45) is 0 Å². The molecule has 19 heavy (non-hydrogen) atoms. The van der Waals surface area contributed by atoms with Crippen molar-refractivity contribution >= 4 is 51.7 Å². The van der Waals surface area contributed by atoms with Crippen molar-refractivity contribution in [2.45, 2.75) is 18.6 Å². The SMILES string of the molecule is CC1(C)CN(C(=O)c2ccc(Br)cc2N)CCS1.Cl. The van der Waals surface area contributed by atoms with Crippen LogP contribution in [0.5, 0.6) is 0 Å². The molecule has 1 aromatic rings. The van der Waals surface area contributed by atoms with Crippen molar-refractivity contribution < 1.29 is 4.79 Å². The van der Waals surface area contributed by atoms with Gasteiger partial charge in [-0.05, 0) is 32.0 Å². The molecule has 0 bridgehead atoms. The van der Waals surface area contributed by atoms with E-state index in [1.165, 1.54) is 0 Å². The number of amides is 1. The fourth-order valence-electron chi connectivity index (χ4n) is 2.09. The average Bonchev–Trinajstić information content (AvgIpc) is 2.27. The van der Waals surface area contributed by atoms with E-state index in [0.717, 1.165) is 23.3 Å². The summed E-state index contributed by atoms with van der Waals surface area (Å²) >= 11 is 5.26. The number of anilines is 1. The van der Waals surface area contributed by atoms with E-state index >= 15 is 0 Å². The van der Waals surface area contributed by atoms with Gasteiger partial charge in [0.15, 0.2) is 0 Å². The normalized spacial score (nSPS) is 17.7. The molecule has 106 valence electrons. The van der Waals surface area contributed by atoms with Gasteiger partial charge in [-0.15, -0.1) is 12.4 Å². The fourth-order valence-corrected chi connectivity index (χ4v) is 3.58. The van der Waals surface area contributed by atoms with Crippen LogP contribution in [0.15, 0.2) is 22.7 Å². The number of benzene rings is 1. The summed E-state index contributed by atoms with van der Waals surface area (Å²) in [6, 6.07) is 5.42. The lowest BCUT2D eigenvalue weighted by Gasteiger charge is -2.37. The number of nitrogen functional groups attached to an aromatic ring is 1. The van der Waals surface area contributed by atoms with Crippen molar-refractivity contribution in [3.8, 4) is 0 Å². The Labute approximate surface area is 132 Å². The van der Waals surface area contributed by atoms with Crippen molar-refractivity contribution in [1.82, 2.24) is 4.90 Å². The van der Waals surface area contributed by atoms with Gasteiger partial charge in [0.1, 0.15) is 0 Å². The summed E-state index contributed by atoms with van der Waals surface area (Å²) in [6.45, 7) is 5.90. The smallest absolute Gasteiger partial charge is 0.256 e. The number of thioether (sulfide) groups is 1. The van der Waals surface area contributed by atoms with Crippen LogP contribution in [0.4, 0.5) is 5.69 Å². The predicted molar refractivity (Wildman–Crippen MR) is 88.2 cm³/mol. The Kier molecular flexibility index (Phi) is 5.59. The Morgan fingerprint density at radius 2 is 2.16 bits per heavy atom. The minimum atomic E-state index is 0. The maximum Gasteiger partial charge on any atom is 0.256 e. The standard InChI is InChI=1S/C13H17BrN2OS.ClH/c1-13(2)8-16(5-6-18-13)12(17)10-4-3-9(14)7-11(10)15;/h3-4,7H,5-6,8,15H2,1-2H3;1H. The summed E-state index contributed by atoms with van der Waals surface area (Å²) in [6.07, 6.45) is 0. The van der Waals surface area contributed by atoms with E-state index in [2.05, 4.69) is 29.8 Å². The first-order chi connectivity index (χ1) is 8.39. The summed E-state index contributed by atoms with van der Waals surface area (Å²) in [7, 11) is 0. The highest BCUT2D eigenvalue weighted by molar-refractivity contribution is 9.10. The van der Waals surface area contributed by atoms with Gasteiger partial charge in [-0.2, -0.15) is 11.8 Å². The molecule has 1 aliphatic heterocycles. The quantitative estimate of drug-likeness (QED) is 0.776. The second kappa shape index (κ2) is 6.37. The molecule has 6 heteroatoms. The Balaban J connectivity index is 0.00000180. The third kappa shape index (κ3) is 4.04. The minimum absolute atomic E-state index is 0. The van der Waals surface area contributed by atoms with Crippen LogP contribution >= 0.6 is 40.1 Å². The van der Waals surface area contributed by atoms with Gasteiger partial charge in [-0.25, -0.2) is 0 Å². The molecule has 0 saturated carbocycles. The molecule has 0 aliphatic carbocycles. The van der Waals surface area contributed by atoms with Crippen molar-refractivity contribution in [3.05, 3.63) is 28.2 Å². The summed E-state index contributed by atoms with van der Waals surface area (Å²) in [5.74, 6) is 1.02. The highest BCUT2D eigenvalue weighted by atomic mass is 79.9. The Morgan fingerprint density at radius 3 is 2.74 bits per heavy atom. The maximum atomic E-state index is 12.4. The van der Waals surface area contributed by atoms with Crippen LogP contribution < -0.4 is 5.73 Å². The molecule has 2 N–H and O–H groups in total. The molecular weight excluding hydrogens is 348 g/mol. The lowest BCUT2D eigenvalue weighted by atomic mass is 10.1. The van der Waals surface area contributed by atoms with Crippen molar-refractivity contribution in [1.29, 1.82) is 0 Å². The highest BCUT2D eigenvalue weighted by Crippen LogP contribution is 2.31. The zero-order chi connectivity index (χ0) is 13.3. The summed E-state index contributed by atoms with van der Waals surface area (Å²) in [5, 5.41) is 0. The number of hydrogen-bond donors (Lipinski definition) is 1. The first-order valence-electron chi connectivity index (χ1n) is 5.87. The van der Waals surface area contributed by atoms with Crippen molar-refractivity contribution in [2.75, 3.05) is 24.6 Å². The zero-order valence-electron chi connectivity index (χ0n) is 11.0. The van der Waals surface area contributed by atoms with Gasteiger partial charge in [0.25, 0.3) is 5.91 Å². The number of carbonyl (C=O) groups is 1. The molecule has 0 aromatic heterocycles. The zero-order valence-corrected chi connectivity index (χ0v) is 14.2. The number of nitrogens with zero attached hydrogens (tertiary/aromatic N) is 1. The third-order valence-electron chi connectivity index (χ3n) is 2.96. The van der Waals surface area contributed by atoms with E-state index in [1.54, 1.807) is 12.1 Å². The van der Waals surface area contributed by atoms with E-state index in [9.17, 15) is 4.79 Å². The Hall–Kier alpha value is -0.390. The lowest BCUT2D eigenvalue weighted by Crippen LogP contribution is -2.46. The number of hydrogen-bond acceptors (Lipinski definition) is 3. The minimum Gasteiger partial charge on any atom is -0.398 e. The first-order valence-corrected chi connectivity index (χ1v) is 7.65. The summed E-state index contributed by atoms with van der Waals surface area (Å²) < 4.78 is 1.02. The molecule has 0 radical (unpaired) electrons. The number of halogens is 2. The molecule has 3 nitrogen and oxygen atoms in total. The van der Waals surface area contributed by atoms with Gasteiger partial charge < -0.3 is 10.6 Å². The molecule has 2 rings (SSSR count). The van der Waals surface area contributed by atoms with Gasteiger partial charge in [0.2, 0.25) is 0 Å². The second-order valence-corrected chi connectivity index (χ2v) is 7.78. The Bertz CT molecular complexity index is 482. The van der Waals surface area contributed by atoms with Gasteiger partial charge in [-0.1, -0.05) is 15.9 Å². The van der Waals surface area contributed by atoms with Crippen LogP contribution in [0.1, 0.15) is 24.2 Å². The second-order valence-electron chi connectivity index (χ2n) is 5.07. The van der Waals surface area contributed by atoms with Crippen molar-refractivity contribution in [3.63, 3.8) is 0 Å². The lowest BCUT2D eigenvalue weighted by molar-refractivity contribution is 0.0749. The molecule has 1 amide bonds. The van der Waals surface area contributed by atoms with Crippen LogP contribution in [0, 0.1) is 0 Å². The summed E-state index contributed by atoms with van der Waals surface area (Å²) in [4.78, 5) is 14.3. The van der Waals surface area contributed by atoms with Crippen LogP contribution in [0.25, 0.3) is 0 Å². The molecule has 1 aliphatic rings. The van der Waals surface area contributed by atoms with E-state index in [1.807, 2.05) is 22.7 Å². The molecule has 0 unspecified atom stereocenters. The number of rotatable bonds is 1. The van der Waals surface area contributed by atoms with Crippen LogP contribution in [-0.4, -0.2) is 34.4 Å². The Morgan fingerprint density at radius 1 is 1.47 bits per heavy atom. The predicted octanol–water partition coefficient (Wildman–Crippen LogP) is 3.42. The van der Waals surface area contributed by atoms with E-state index in [4.69, 9.17) is 5.73 Å². The fraction of sp³-hybridized carbons (Fsp3) is 0.462. The van der Waals surface area contributed by atoms with Gasteiger partial charge in [0, 0.05) is 33.7 Å². The largest absolute Gasteiger partial charge is 0.398 e. The van der Waals surface area contributed by atoms with Crippen LogP contribution in [-0.2, 0) is 0 Å². The molecule has 1 aromatic carbocycles. The molecule has 0 spiro atoms. The van der Waals surface area contributed by atoms with Gasteiger partial charge in [0.05, 0.1) is 5.56 Å².